The maximum Gasteiger partial charge on any atom is 0.416 e. The summed E-state index contributed by atoms with van der Waals surface area (Å²) in [6.45, 7) is 4.74. The lowest BCUT2D eigenvalue weighted by Crippen LogP contribution is -2.50. The van der Waals surface area contributed by atoms with Crippen LogP contribution in [0.5, 0.6) is 0 Å². The van der Waals surface area contributed by atoms with Crippen LogP contribution in [0.4, 0.5) is 18.9 Å². The van der Waals surface area contributed by atoms with Crippen molar-refractivity contribution >= 4 is 17.4 Å². The molecule has 35 heavy (non-hydrogen) atoms. The Morgan fingerprint density at radius 1 is 0.914 bits per heavy atom. The van der Waals surface area contributed by atoms with Crippen LogP contribution in [0.15, 0.2) is 59.4 Å². The minimum atomic E-state index is -4.53. The quantitative estimate of drug-likeness (QED) is 0.528. The topological polar surface area (TPSA) is 75.5 Å². The van der Waals surface area contributed by atoms with E-state index in [1.54, 1.807) is 19.1 Å². The first kappa shape index (κ1) is 24.2. The van der Waals surface area contributed by atoms with Crippen LogP contribution >= 0.6 is 0 Å². The van der Waals surface area contributed by atoms with Crippen molar-refractivity contribution in [3.63, 3.8) is 0 Å². The molecule has 1 aromatic heterocycles. The van der Waals surface area contributed by atoms with Gasteiger partial charge in [0.2, 0.25) is 5.43 Å². The van der Waals surface area contributed by atoms with Crippen molar-refractivity contribution in [2.75, 3.05) is 31.1 Å². The van der Waals surface area contributed by atoms with Crippen molar-refractivity contribution in [2.45, 2.75) is 20.0 Å². The van der Waals surface area contributed by atoms with Crippen molar-refractivity contribution in [3.8, 4) is 5.69 Å². The molecule has 0 aliphatic carbocycles. The summed E-state index contributed by atoms with van der Waals surface area (Å²) >= 11 is 0. The fourth-order valence-corrected chi connectivity index (χ4v) is 4.00. The van der Waals surface area contributed by atoms with Gasteiger partial charge >= 0.3 is 6.18 Å². The zero-order chi connectivity index (χ0) is 25.3. The molecule has 1 aliphatic heterocycles. The fourth-order valence-electron chi connectivity index (χ4n) is 4.00. The van der Waals surface area contributed by atoms with Crippen LogP contribution in [-0.2, 0) is 6.18 Å². The second kappa shape index (κ2) is 9.36. The molecule has 0 radical (unpaired) electrons. The minimum absolute atomic E-state index is 0.0200. The largest absolute Gasteiger partial charge is 0.416 e. The number of amides is 1. The maximum absolute atomic E-state index is 13.1. The second-order valence-corrected chi connectivity index (χ2v) is 8.34. The Balaban J connectivity index is 1.54. The molecule has 2 aromatic carbocycles. The number of carbonyl (C=O) groups excluding carboxylic acids is 2. The van der Waals surface area contributed by atoms with Gasteiger partial charge in [0, 0.05) is 49.2 Å². The summed E-state index contributed by atoms with van der Waals surface area (Å²) in [4.78, 5) is 40.7. The number of hydrogen-bond acceptors (Lipinski definition) is 5. The Morgan fingerprint density at radius 2 is 1.57 bits per heavy atom. The highest BCUT2D eigenvalue weighted by molar-refractivity contribution is 5.94. The SMILES string of the molecule is CC(=O)c1ccc(N2CCN(C(=O)c3nn(-c4cccc(C(F)(F)F)c4)c(C)cc3=O)CC2)cc1. The molecule has 0 unspecified atom stereocenters. The molecular formula is C25H23F3N4O3. The molecule has 10 heteroatoms. The normalized spacial score (nSPS) is 14.2. The number of Topliss-reactive ketones (excluding diaryl/α,β-unsaturated/α-hetero) is 1. The van der Waals surface area contributed by atoms with Crippen molar-refractivity contribution in [3.05, 3.63) is 87.3 Å². The number of halogens is 3. The molecule has 0 N–H and O–H groups in total. The van der Waals surface area contributed by atoms with E-state index in [2.05, 4.69) is 10.00 Å². The average Bonchev–Trinajstić information content (AvgIpc) is 2.83. The van der Waals surface area contributed by atoms with Crippen LogP contribution in [0.2, 0.25) is 0 Å². The number of aryl methyl sites for hydroxylation is 1. The molecule has 1 aliphatic rings. The predicted molar refractivity (Wildman–Crippen MR) is 124 cm³/mol. The van der Waals surface area contributed by atoms with Crippen LogP contribution in [-0.4, -0.2) is 52.5 Å². The zero-order valence-electron chi connectivity index (χ0n) is 19.2. The maximum atomic E-state index is 13.1. The van der Waals surface area contributed by atoms with Gasteiger partial charge < -0.3 is 9.80 Å². The number of benzene rings is 2. The Bertz CT molecular complexity index is 1330. The Kier molecular flexibility index (Phi) is 6.47. The van der Waals surface area contributed by atoms with E-state index in [9.17, 15) is 27.6 Å². The third-order valence-corrected chi connectivity index (χ3v) is 5.93. The van der Waals surface area contributed by atoms with E-state index in [0.29, 0.717) is 37.4 Å². The third-order valence-electron chi connectivity index (χ3n) is 5.93. The molecule has 7 nitrogen and oxygen atoms in total. The van der Waals surface area contributed by atoms with Crippen molar-refractivity contribution in [2.24, 2.45) is 0 Å². The van der Waals surface area contributed by atoms with E-state index in [1.165, 1.54) is 34.7 Å². The van der Waals surface area contributed by atoms with Gasteiger partial charge in [-0.2, -0.15) is 18.3 Å². The highest BCUT2D eigenvalue weighted by Gasteiger charge is 2.31. The van der Waals surface area contributed by atoms with Gasteiger partial charge in [-0.3, -0.25) is 14.4 Å². The van der Waals surface area contributed by atoms with Crippen LogP contribution < -0.4 is 10.3 Å². The summed E-state index contributed by atoms with van der Waals surface area (Å²) < 4.78 is 40.6. The van der Waals surface area contributed by atoms with Gasteiger partial charge in [0.15, 0.2) is 11.5 Å². The first-order chi connectivity index (χ1) is 16.5. The number of hydrogen-bond donors (Lipinski definition) is 0. The van der Waals surface area contributed by atoms with Gasteiger partial charge in [0.25, 0.3) is 5.91 Å². The monoisotopic (exact) mass is 484 g/mol. The summed E-state index contributed by atoms with van der Waals surface area (Å²) in [6, 6.07) is 13.0. The zero-order valence-corrected chi connectivity index (χ0v) is 19.2. The molecule has 0 bridgehead atoms. The number of rotatable bonds is 4. The first-order valence-electron chi connectivity index (χ1n) is 11.0. The highest BCUT2D eigenvalue weighted by atomic mass is 19.4. The smallest absolute Gasteiger partial charge is 0.368 e. The molecule has 0 spiro atoms. The summed E-state index contributed by atoms with van der Waals surface area (Å²) in [7, 11) is 0. The predicted octanol–water partition coefficient (Wildman–Crippen LogP) is 3.72. The Hall–Kier alpha value is -3.95. The molecule has 1 saturated heterocycles. The molecule has 182 valence electrons. The second-order valence-electron chi connectivity index (χ2n) is 8.34. The number of anilines is 1. The standard InChI is InChI=1S/C25H23F3N4O3/c1-16-14-22(34)23(29-32(16)21-5-3-4-19(15-21)25(26,27)28)24(35)31-12-10-30(11-13-31)20-8-6-18(7-9-20)17(2)33/h3-9,14-15H,10-13H2,1-2H3. The van der Waals surface area contributed by atoms with Crippen LogP contribution in [0.25, 0.3) is 5.69 Å². The molecule has 0 atom stereocenters. The number of alkyl halides is 3. The van der Waals surface area contributed by atoms with E-state index in [1.807, 2.05) is 12.1 Å². The molecule has 1 fully saturated rings. The molecule has 4 rings (SSSR count). The lowest BCUT2D eigenvalue weighted by atomic mass is 10.1. The van der Waals surface area contributed by atoms with Crippen LogP contribution in [0.3, 0.4) is 0 Å². The molecule has 1 amide bonds. The first-order valence-corrected chi connectivity index (χ1v) is 11.0. The van der Waals surface area contributed by atoms with E-state index < -0.39 is 23.1 Å². The average molecular weight is 484 g/mol. The van der Waals surface area contributed by atoms with Gasteiger partial charge in [-0.25, -0.2) is 4.68 Å². The minimum Gasteiger partial charge on any atom is -0.368 e. The van der Waals surface area contributed by atoms with E-state index in [4.69, 9.17) is 0 Å². The van der Waals surface area contributed by atoms with Crippen molar-refractivity contribution in [1.82, 2.24) is 14.7 Å². The summed E-state index contributed by atoms with van der Waals surface area (Å²) in [6.07, 6.45) is -4.53. The van der Waals surface area contributed by atoms with Crippen molar-refractivity contribution in [1.29, 1.82) is 0 Å². The van der Waals surface area contributed by atoms with Crippen LogP contribution in [0.1, 0.15) is 39.0 Å². The summed E-state index contributed by atoms with van der Waals surface area (Å²) in [5.41, 5.74) is 0.169. The fraction of sp³-hybridized carbons (Fsp3) is 0.280. The molecule has 3 aromatic rings. The molecule has 2 heterocycles. The van der Waals surface area contributed by atoms with Crippen LogP contribution in [0, 0.1) is 6.92 Å². The lowest BCUT2D eigenvalue weighted by molar-refractivity contribution is -0.137. The van der Waals surface area contributed by atoms with E-state index in [-0.39, 0.29) is 17.2 Å². The molecular weight excluding hydrogens is 461 g/mol. The number of piperazine rings is 1. The molecule has 0 saturated carbocycles. The summed E-state index contributed by atoms with van der Waals surface area (Å²) in [5.74, 6) is -0.587. The van der Waals surface area contributed by atoms with Gasteiger partial charge in [0.05, 0.1) is 11.3 Å². The number of nitrogens with zero attached hydrogens (tertiary/aromatic N) is 4. The van der Waals surface area contributed by atoms with Gasteiger partial charge in [-0.05, 0) is 56.3 Å². The summed E-state index contributed by atoms with van der Waals surface area (Å²) in [5, 5.41) is 4.14. The Labute approximate surface area is 199 Å². The van der Waals surface area contributed by atoms with Gasteiger partial charge in [0.1, 0.15) is 0 Å². The van der Waals surface area contributed by atoms with E-state index >= 15 is 0 Å². The Morgan fingerprint density at radius 3 is 2.17 bits per heavy atom. The van der Waals surface area contributed by atoms with Gasteiger partial charge in [-0.15, -0.1) is 0 Å². The highest BCUT2D eigenvalue weighted by Crippen LogP contribution is 2.30. The number of carbonyl (C=O) groups is 2. The van der Waals surface area contributed by atoms with Crippen molar-refractivity contribution < 1.29 is 22.8 Å². The lowest BCUT2D eigenvalue weighted by Gasteiger charge is -2.36. The third kappa shape index (κ3) is 5.11. The number of aromatic nitrogens is 2. The van der Waals surface area contributed by atoms with E-state index in [0.717, 1.165) is 17.8 Å². The number of ketones is 1. The van der Waals surface area contributed by atoms with Gasteiger partial charge in [-0.1, -0.05) is 6.07 Å².